The smallest absolute Gasteiger partial charge is 0.349 e. The summed E-state index contributed by atoms with van der Waals surface area (Å²) < 4.78 is 10.9. The quantitative estimate of drug-likeness (QED) is 0.669. The van der Waals surface area contributed by atoms with Crippen molar-refractivity contribution in [3.05, 3.63) is 69.5 Å². The minimum Gasteiger partial charge on any atom is -0.466 e. The van der Waals surface area contributed by atoms with Gasteiger partial charge < -0.3 is 14.2 Å². The predicted molar refractivity (Wildman–Crippen MR) is 111 cm³/mol. The normalized spacial score (nSPS) is 15.7. The Balaban J connectivity index is 1.30. The van der Waals surface area contributed by atoms with Gasteiger partial charge in [-0.15, -0.1) is 0 Å². The maximum Gasteiger partial charge on any atom is 0.349 e. The molecule has 0 saturated carbocycles. The lowest BCUT2D eigenvalue weighted by molar-refractivity contribution is 0.0931. The molecule has 0 radical (unpaired) electrons. The SMILES string of the molecule is Cc1cc(CN2CCC(CNC(=O)c3cc4ccccc4oc3=O)CC2)c(C)o1. The van der Waals surface area contributed by atoms with E-state index in [0.717, 1.165) is 49.4 Å². The number of furan rings is 1. The van der Waals surface area contributed by atoms with E-state index < -0.39 is 5.63 Å². The van der Waals surface area contributed by atoms with Crippen molar-refractivity contribution >= 4 is 16.9 Å². The van der Waals surface area contributed by atoms with Crippen LogP contribution >= 0.6 is 0 Å². The van der Waals surface area contributed by atoms with E-state index >= 15 is 0 Å². The largest absolute Gasteiger partial charge is 0.466 e. The van der Waals surface area contributed by atoms with Gasteiger partial charge in [-0.25, -0.2) is 4.79 Å². The number of nitrogens with zero attached hydrogens (tertiary/aromatic N) is 1. The standard InChI is InChI=1S/C23H26N2O4/c1-15-11-19(16(2)28-15)14-25-9-7-17(8-10-25)13-24-22(26)20-12-18-5-3-4-6-21(18)29-23(20)27/h3-6,11-12,17H,7-10,13-14H2,1-2H3,(H,24,26). The molecule has 3 aromatic rings. The Hall–Kier alpha value is -2.86. The Morgan fingerprint density at radius 2 is 1.90 bits per heavy atom. The fraction of sp³-hybridized carbons (Fsp3) is 0.391. The monoisotopic (exact) mass is 394 g/mol. The van der Waals surface area contributed by atoms with E-state index in [4.69, 9.17) is 8.83 Å². The lowest BCUT2D eigenvalue weighted by Gasteiger charge is -2.31. The van der Waals surface area contributed by atoms with Gasteiger partial charge >= 0.3 is 5.63 Å². The van der Waals surface area contributed by atoms with E-state index in [1.54, 1.807) is 18.2 Å². The topological polar surface area (TPSA) is 75.7 Å². The fourth-order valence-corrected chi connectivity index (χ4v) is 3.98. The van der Waals surface area contributed by atoms with Gasteiger partial charge in [0.05, 0.1) is 0 Å². The molecule has 2 aromatic heterocycles. The maximum absolute atomic E-state index is 12.5. The molecule has 1 amide bonds. The number of benzene rings is 1. The predicted octanol–water partition coefficient (Wildman–Crippen LogP) is 3.64. The second-order valence-corrected chi connectivity index (χ2v) is 7.85. The number of nitrogens with one attached hydrogen (secondary N) is 1. The molecule has 4 rings (SSSR count). The Labute approximate surface area is 169 Å². The highest BCUT2D eigenvalue weighted by Gasteiger charge is 2.22. The minimum absolute atomic E-state index is 0.0620. The summed E-state index contributed by atoms with van der Waals surface area (Å²) in [7, 11) is 0. The number of amides is 1. The molecule has 1 aliphatic heterocycles. The summed E-state index contributed by atoms with van der Waals surface area (Å²) in [6.45, 7) is 7.43. The molecule has 0 aliphatic carbocycles. The molecule has 152 valence electrons. The molecule has 29 heavy (non-hydrogen) atoms. The van der Waals surface area contributed by atoms with Gasteiger partial charge in [0.2, 0.25) is 0 Å². The first-order valence-electron chi connectivity index (χ1n) is 10.1. The maximum atomic E-state index is 12.5. The van der Waals surface area contributed by atoms with Crippen LogP contribution in [0.2, 0.25) is 0 Å². The van der Waals surface area contributed by atoms with Crippen LogP contribution < -0.4 is 10.9 Å². The Kier molecular flexibility index (Phi) is 5.53. The molecule has 1 saturated heterocycles. The zero-order chi connectivity index (χ0) is 20.4. The average molecular weight is 394 g/mol. The van der Waals surface area contributed by atoms with Crippen LogP contribution in [-0.2, 0) is 6.54 Å². The van der Waals surface area contributed by atoms with E-state index in [9.17, 15) is 9.59 Å². The molecule has 0 spiro atoms. The van der Waals surface area contributed by atoms with Gasteiger partial charge in [0, 0.05) is 24.0 Å². The summed E-state index contributed by atoms with van der Waals surface area (Å²) in [5, 5.41) is 3.66. The molecule has 3 heterocycles. The lowest BCUT2D eigenvalue weighted by atomic mass is 9.96. The van der Waals surface area contributed by atoms with E-state index in [0.29, 0.717) is 18.0 Å². The highest BCUT2D eigenvalue weighted by molar-refractivity contribution is 5.96. The fourth-order valence-electron chi connectivity index (χ4n) is 3.98. The van der Waals surface area contributed by atoms with Crippen LogP contribution in [0.5, 0.6) is 0 Å². The first kappa shape index (κ1) is 19.5. The van der Waals surface area contributed by atoms with Crippen molar-refractivity contribution in [3.8, 4) is 0 Å². The van der Waals surface area contributed by atoms with Gasteiger partial charge in [-0.1, -0.05) is 18.2 Å². The van der Waals surface area contributed by atoms with E-state index in [2.05, 4.69) is 16.3 Å². The number of piperidine rings is 1. The van der Waals surface area contributed by atoms with Gasteiger partial charge in [0.1, 0.15) is 22.7 Å². The summed E-state index contributed by atoms with van der Waals surface area (Å²) >= 11 is 0. The number of likely N-dealkylation sites (tertiary alicyclic amines) is 1. The number of para-hydroxylation sites is 1. The Morgan fingerprint density at radius 3 is 2.62 bits per heavy atom. The summed E-state index contributed by atoms with van der Waals surface area (Å²) in [4.78, 5) is 27.1. The molecule has 1 fully saturated rings. The number of fused-ring (bicyclic) bond motifs is 1. The molecule has 6 nitrogen and oxygen atoms in total. The molecular formula is C23H26N2O4. The van der Waals surface area contributed by atoms with Gasteiger partial charge in [0.15, 0.2) is 0 Å². The number of hydrogen-bond donors (Lipinski definition) is 1. The van der Waals surface area contributed by atoms with Crippen molar-refractivity contribution in [2.45, 2.75) is 33.2 Å². The molecule has 0 unspecified atom stereocenters. The van der Waals surface area contributed by atoms with Crippen molar-refractivity contribution < 1.29 is 13.6 Å². The molecule has 1 aromatic carbocycles. The van der Waals surface area contributed by atoms with Crippen LogP contribution in [0, 0.1) is 19.8 Å². The highest BCUT2D eigenvalue weighted by atomic mass is 16.4. The van der Waals surface area contributed by atoms with Crippen LogP contribution in [0.25, 0.3) is 11.0 Å². The molecule has 0 bridgehead atoms. The van der Waals surface area contributed by atoms with Crippen LogP contribution in [0.3, 0.4) is 0 Å². The van der Waals surface area contributed by atoms with Gasteiger partial charge in [0.25, 0.3) is 5.91 Å². The first-order chi connectivity index (χ1) is 14.0. The second kappa shape index (κ2) is 8.25. The molecule has 1 aliphatic rings. The van der Waals surface area contributed by atoms with Crippen LogP contribution in [-0.4, -0.2) is 30.4 Å². The van der Waals surface area contributed by atoms with Crippen molar-refractivity contribution in [2.24, 2.45) is 5.92 Å². The first-order valence-corrected chi connectivity index (χ1v) is 10.1. The second-order valence-electron chi connectivity index (χ2n) is 7.85. The van der Waals surface area contributed by atoms with Gasteiger partial charge in [-0.3, -0.25) is 9.69 Å². The van der Waals surface area contributed by atoms with E-state index in [1.807, 2.05) is 26.0 Å². The van der Waals surface area contributed by atoms with Crippen molar-refractivity contribution in [1.82, 2.24) is 10.2 Å². The lowest BCUT2D eigenvalue weighted by Crippen LogP contribution is -2.39. The zero-order valence-corrected chi connectivity index (χ0v) is 16.9. The summed E-state index contributed by atoms with van der Waals surface area (Å²) in [5.41, 5.74) is 1.20. The van der Waals surface area contributed by atoms with Crippen LogP contribution in [0.1, 0.15) is 40.3 Å². The number of aryl methyl sites for hydroxylation is 2. The molecule has 0 atom stereocenters. The van der Waals surface area contributed by atoms with Crippen molar-refractivity contribution in [3.63, 3.8) is 0 Å². The Morgan fingerprint density at radius 1 is 1.14 bits per heavy atom. The molecule has 6 heteroatoms. The van der Waals surface area contributed by atoms with Crippen molar-refractivity contribution in [1.29, 1.82) is 0 Å². The third kappa shape index (κ3) is 4.43. The van der Waals surface area contributed by atoms with E-state index in [1.165, 1.54) is 5.56 Å². The zero-order valence-electron chi connectivity index (χ0n) is 16.9. The van der Waals surface area contributed by atoms with Gasteiger partial charge in [-0.05, 0) is 63.9 Å². The van der Waals surface area contributed by atoms with Crippen LogP contribution in [0.15, 0.2) is 50.0 Å². The molecular weight excluding hydrogens is 368 g/mol. The Bertz CT molecular complexity index is 1070. The highest BCUT2D eigenvalue weighted by Crippen LogP contribution is 2.21. The summed E-state index contributed by atoms with van der Waals surface area (Å²) in [6.07, 6.45) is 2.03. The minimum atomic E-state index is -0.596. The summed E-state index contributed by atoms with van der Waals surface area (Å²) in [6, 6.07) is 10.9. The third-order valence-corrected chi connectivity index (χ3v) is 5.68. The van der Waals surface area contributed by atoms with Crippen molar-refractivity contribution in [2.75, 3.05) is 19.6 Å². The number of rotatable bonds is 5. The van der Waals surface area contributed by atoms with Gasteiger partial charge in [-0.2, -0.15) is 0 Å². The van der Waals surface area contributed by atoms with E-state index in [-0.39, 0.29) is 11.5 Å². The number of carbonyl (C=O) groups is 1. The third-order valence-electron chi connectivity index (χ3n) is 5.68. The number of carbonyl (C=O) groups excluding carboxylic acids is 1. The molecule has 1 N–H and O–H groups in total. The van der Waals surface area contributed by atoms with Crippen LogP contribution in [0.4, 0.5) is 0 Å². The average Bonchev–Trinajstić information content (AvgIpc) is 3.03. The summed E-state index contributed by atoms with van der Waals surface area (Å²) in [5.74, 6) is 1.99. The number of hydrogen-bond acceptors (Lipinski definition) is 5.